The van der Waals surface area contributed by atoms with Gasteiger partial charge in [0, 0.05) is 28.6 Å². The summed E-state index contributed by atoms with van der Waals surface area (Å²) in [5.74, 6) is 1.28. The van der Waals surface area contributed by atoms with Crippen LogP contribution < -0.4 is 14.8 Å². The first-order valence-electron chi connectivity index (χ1n) is 9.78. The van der Waals surface area contributed by atoms with Gasteiger partial charge in [0.15, 0.2) is 11.5 Å². The predicted octanol–water partition coefficient (Wildman–Crippen LogP) is 5.33. The summed E-state index contributed by atoms with van der Waals surface area (Å²) in [6, 6.07) is 19.2. The molecule has 1 aliphatic carbocycles. The van der Waals surface area contributed by atoms with Gasteiger partial charge in [-0.15, -0.1) is 0 Å². The van der Waals surface area contributed by atoms with E-state index in [0.29, 0.717) is 41.1 Å². The Hall–Kier alpha value is -2.24. The van der Waals surface area contributed by atoms with Crippen molar-refractivity contribution < 1.29 is 14.6 Å². The van der Waals surface area contributed by atoms with Crippen LogP contribution in [-0.2, 0) is 19.6 Å². The molecule has 0 spiro atoms. The van der Waals surface area contributed by atoms with Gasteiger partial charge in [0.1, 0.15) is 6.61 Å². The minimum atomic E-state index is -0.420. The molecule has 0 aromatic heterocycles. The van der Waals surface area contributed by atoms with Crippen molar-refractivity contribution in [3.05, 3.63) is 93.0 Å². The molecule has 0 fully saturated rings. The highest BCUT2D eigenvalue weighted by Gasteiger charge is 2.30. The van der Waals surface area contributed by atoms with Crippen LogP contribution in [0.1, 0.15) is 28.3 Å². The Kier molecular flexibility index (Phi) is 6.49. The molecular weight excluding hydrogens is 421 g/mol. The number of hydrogen-bond acceptors (Lipinski definition) is 4. The van der Waals surface area contributed by atoms with E-state index in [2.05, 4.69) is 17.4 Å². The third-order valence-electron chi connectivity index (χ3n) is 5.36. The molecule has 30 heavy (non-hydrogen) atoms. The SMILES string of the molecule is COc1cc(CN[C@@H]2c3ccccc3C[C@@H]2O)ccc1OCc1ccc(Cl)cc1Cl. The summed E-state index contributed by atoms with van der Waals surface area (Å²) in [4.78, 5) is 0. The van der Waals surface area contributed by atoms with E-state index in [1.54, 1.807) is 19.2 Å². The molecule has 2 atom stereocenters. The summed E-state index contributed by atoms with van der Waals surface area (Å²) in [6.45, 7) is 0.921. The number of ether oxygens (including phenoxy) is 2. The standard InChI is InChI=1S/C24H23Cl2NO3/c1-29-23-10-15(13-27-24-19-5-3-2-4-16(19)11-21(24)28)6-9-22(23)30-14-17-7-8-18(25)12-20(17)26/h2-10,12,21,24,27-28H,11,13-14H2,1H3/t21-,24+/m0/s1. The van der Waals surface area contributed by atoms with E-state index in [4.69, 9.17) is 32.7 Å². The molecule has 0 heterocycles. The van der Waals surface area contributed by atoms with Crippen LogP contribution in [0.5, 0.6) is 11.5 Å². The fraction of sp³-hybridized carbons (Fsp3) is 0.250. The van der Waals surface area contributed by atoms with E-state index in [1.165, 1.54) is 5.56 Å². The van der Waals surface area contributed by atoms with Crippen LogP contribution in [0.4, 0.5) is 0 Å². The number of halogens is 2. The zero-order chi connectivity index (χ0) is 21.1. The van der Waals surface area contributed by atoms with Gasteiger partial charge in [0.2, 0.25) is 0 Å². The second-order valence-electron chi connectivity index (χ2n) is 7.34. The molecule has 0 saturated carbocycles. The van der Waals surface area contributed by atoms with Crippen molar-refractivity contribution in [1.82, 2.24) is 5.32 Å². The third-order valence-corrected chi connectivity index (χ3v) is 5.94. The number of benzene rings is 3. The molecule has 3 aromatic rings. The average molecular weight is 444 g/mol. The van der Waals surface area contributed by atoms with E-state index in [1.807, 2.05) is 36.4 Å². The number of fused-ring (bicyclic) bond motifs is 1. The summed E-state index contributed by atoms with van der Waals surface area (Å²) in [5.41, 5.74) is 4.25. The van der Waals surface area contributed by atoms with Crippen LogP contribution in [0, 0.1) is 0 Å². The van der Waals surface area contributed by atoms with Crippen molar-refractivity contribution in [1.29, 1.82) is 0 Å². The zero-order valence-electron chi connectivity index (χ0n) is 16.6. The van der Waals surface area contributed by atoms with Gasteiger partial charge in [-0.2, -0.15) is 0 Å². The first-order chi connectivity index (χ1) is 14.5. The molecular formula is C24H23Cl2NO3. The number of methoxy groups -OCH3 is 1. The Balaban J connectivity index is 1.42. The fourth-order valence-electron chi connectivity index (χ4n) is 3.78. The van der Waals surface area contributed by atoms with Gasteiger partial charge in [-0.1, -0.05) is 59.6 Å². The van der Waals surface area contributed by atoms with Crippen molar-refractivity contribution in [2.45, 2.75) is 31.7 Å². The molecule has 2 N–H and O–H groups in total. The van der Waals surface area contributed by atoms with E-state index in [0.717, 1.165) is 16.7 Å². The lowest BCUT2D eigenvalue weighted by Crippen LogP contribution is -2.28. The molecule has 156 valence electrons. The summed E-state index contributed by atoms with van der Waals surface area (Å²) in [7, 11) is 1.62. The van der Waals surface area contributed by atoms with Gasteiger partial charge in [-0.25, -0.2) is 0 Å². The van der Waals surface area contributed by atoms with Crippen LogP contribution in [0.2, 0.25) is 10.0 Å². The second kappa shape index (κ2) is 9.27. The number of aliphatic hydroxyl groups excluding tert-OH is 1. The Bertz CT molecular complexity index is 1040. The van der Waals surface area contributed by atoms with E-state index in [-0.39, 0.29) is 6.04 Å². The van der Waals surface area contributed by atoms with Crippen LogP contribution in [0.3, 0.4) is 0 Å². The zero-order valence-corrected chi connectivity index (χ0v) is 18.1. The molecule has 0 aliphatic heterocycles. The molecule has 0 radical (unpaired) electrons. The maximum Gasteiger partial charge on any atom is 0.161 e. The number of rotatable bonds is 7. The van der Waals surface area contributed by atoms with Crippen LogP contribution in [0.15, 0.2) is 60.7 Å². The first-order valence-corrected chi connectivity index (χ1v) is 10.5. The highest BCUT2D eigenvalue weighted by atomic mass is 35.5. The van der Waals surface area contributed by atoms with Gasteiger partial charge in [-0.3, -0.25) is 0 Å². The van der Waals surface area contributed by atoms with E-state index < -0.39 is 6.10 Å². The summed E-state index contributed by atoms with van der Waals surface area (Å²) < 4.78 is 11.4. The molecule has 3 aromatic carbocycles. The van der Waals surface area contributed by atoms with Crippen molar-refractivity contribution in [3.8, 4) is 11.5 Å². The molecule has 0 unspecified atom stereocenters. The molecule has 6 heteroatoms. The highest BCUT2D eigenvalue weighted by Crippen LogP contribution is 2.33. The number of aliphatic hydroxyl groups is 1. The summed E-state index contributed by atoms with van der Waals surface area (Å²) in [5, 5.41) is 15.1. The van der Waals surface area contributed by atoms with Gasteiger partial charge >= 0.3 is 0 Å². The predicted molar refractivity (Wildman–Crippen MR) is 120 cm³/mol. The minimum Gasteiger partial charge on any atom is -0.493 e. The molecule has 0 amide bonds. The van der Waals surface area contributed by atoms with Crippen LogP contribution in [0.25, 0.3) is 0 Å². The van der Waals surface area contributed by atoms with Crippen molar-refractivity contribution in [3.63, 3.8) is 0 Å². The maximum atomic E-state index is 10.4. The molecule has 0 bridgehead atoms. The number of hydrogen-bond donors (Lipinski definition) is 2. The maximum absolute atomic E-state index is 10.4. The van der Waals surface area contributed by atoms with Gasteiger partial charge in [0.25, 0.3) is 0 Å². The minimum absolute atomic E-state index is 0.0739. The molecule has 0 saturated heterocycles. The Labute approximate surface area is 186 Å². The number of nitrogens with one attached hydrogen (secondary N) is 1. The van der Waals surface area contributed by atoms with Crippen LogP contribution in [-0.4, -0.2) is 18.3 Å². The molecule has 1 aliphatic rings. The van der Waals surface area contributed by atoms with E-state index >= 15 is 0 Å². The smallest absolute Gasteiger partial charge is 0.161 e. The van der Waals surface area contributed by atoms with Crippen molar-refractivity contribution in [2.75, 3.05) is 7.11 Å². The lowest BCUT2D eigenvalue weighted by Gasteiger charge is -2.19. The van der Waals surface area contributed by atoms with Gasteiger partial charge < -0.3 is 19.9 Å². The largest absolute Gasteiger partial charge is 0.493 e. The summed E-state index contributed by atoms with van der Waals surface area (Å²) >= 11 is 12.2. The average Bonchev–Trinajstić information content (AvgIpc) is 3.07. The lowest BCUT2D eigenvalue weighted by molar-refractivity contribution is 0.140. The quantitative estimate of drug-likeness (QED) is 0.518. The second-order valence-corrected chi connectivity index (χ2v) is 8.18. The Morgan fingerprint density at radius 2 is 1.87 bits per heavy atom. The van der Waals surface area contributed by atoms with Crippen molar-refractivity contribution in [2.24, 2.45) is 0 Å². The third kappa shape index (κ3) is 4.57. The molecule has 4 nitrogen and oxygen atoms in total. The highest BCUT2D eigenvalue weighted by molar-refractivity contribution is 6.35. The lowest BCUT2D eigenvalue weighted by atomic mass is 10.1. The Morgan fingerprint density at radius 3 is 2.67 bits per heavy atom. The van der Waals surface area contributed by atoms with Gasteiger partial charge in [-0.05, 0) is 41.0 Å². The Morgan fingerprint density at radius 1 is 1.03 bits per heavy atom. The van der Waals surface area contributed by atoms with Crippen molar-refractivity contribution >= 4 is 23.2 Å². The van der Waals surface area contributed by atoms with Gasteiger partial charge in [0.05, 0.1) is 19.3 Å². The summed E-state index contributed by atoms with van der Waals surface area (Å²) in [6.07, 6.45) is 0.257. The van der Waals surface area contributed by atoms with E-state index in [9.17, 15) is 5.11 Å². The van der Waals surface area contributed by atoms with Crippen LogP contribution >= 0.6 is 23.2 Å². The normalized spacial score (nSPS) is 17.6. The topological polar surface area (TPSA) is 50.7 Å². The first kappa shape index (κ1) is 21.0. The molecule has 4 rings (SSSR count). The monoisotopic (exact) mass is 443 g/mol. The fourth-order valence-corrected chi connectivity index (χ4v) is 4.25.